The lowest BCUT2D eigenvalue weighted by Crippen LogP contribution is -2.49. The van der Waals surface area contributed by atoms with E-state index in [1.165, 1.54) is 18.2 Å². The molecule has 0 bridgehead atoms. The second-order valence-corrected chi connectivity index (χ2v) is 8.85. The molecule has 1 atom stereocenters. The maximum atomic E-state index is 14.1. The van der Waals surface area contributed by atoms with E-state index in [0.717, 1.165) is 22.9 Å². The van der Waals surface area contributed by atoms with Crippen LogP contribution in [0.5, 0.6) is 0 Å². The van der Waals surface area contributed by atoms with Crippen LogP contribution < -0.4 is 9.62 Å². The summed E-state index contributed by atoms with van der Waals surface area (Å²) < 4.78 is 42.4. The van der Waals surface area contributed by atoms with E-state index in [1.807, 2.05) is 54.6 Å². The second-order valence-electron chi connectivity index (χ2n) is 7.16. The summed E-state index contributed by atoms with van der Waals surface area (Å²) in [7, 11) is -4.23. The topological polar surface area (TPSA) is 66.5 Å². The highest BCUT2D eigenvalue weighted by molar-refractivity contribution is 7.89. The van der Waals surface area contributed by atoms with Gasteiger partial charge in [0.25, 0.3) is 0 Å². The van der Waals surface area contributed by atoms with Gasteiger partial charge in [0.1, 0.15) is 16.8 Å². The average molecular weight is 424 g/mol. The van der Waals surface area contributed by atoms with Crippen molar-refractivity contribution in [2.45, 2.75) is 23.8 Å². The van der Waals surface area contributed by atoms with Crippen LogP contribution >= 0.6 is 0 Å². The van der Waals surface area contributed by atoms with Crippen molar-refractivity contribution in [2.24, 2.45) is 0 Å². The molecule has 0 saturated heterocycles. The van der Waals surface area contributed by atoms with Crippen LogP contribution in [0.2, 0.25) is 0 Å². The Kier molecular flexibility index (Phi) is 5.65. The minimum Gasteiger partial charge on any atom is -0.310 e. The van der Waals surface area contributed by atoms with Crippen LogP contribution in [0.25, 0.3) is 0 Å². The highest BCUT2D eigenvalue weighted by Crippen LogP contribution is 2.28. The predicted molar refractivity (Wildman–Crippen MR) is 113 cm³/mol. The van der Waals surface area contributed by atoms with Gasteiger partial charge in [-0.2, -0.15) is 4.72 Å². The number of carbonyl (C=O) groups is 1. The van der Waals surface area contributed by atoms with E-state index in [2.05, 4.69) is 4.72 Å². The number of sulfonamides is 1. The van der Waals surface area contributed by atoms with Gasteiger partial charge in [0.15, 0.2) is 0 Å². The van der Waals surface area contributed by atoms with Crippen molar-refractivity contribution in [3.8, 4) is 0 Å². The van der Waals surface area contributed by atoms with Gasteiger partial charge in [-0.25, -0.2) is 12.8 Å². The fraction of sp³-hybridized carbons (Fsp3) is 0.174. The Morgan fingerprint density at radius 2 is 1.63 bits per heavy atom. The third-order valence-electron chi connectivity index (χ3n) is 5.16. The third-order valence-corrected chi connectivity index (χ3v) is 6.66. The first-order chi connectivity index (χ1) is 14.5. The van der Waals surface area contributed by atoms with Crippen LogP contribution in [0.15, 0.2) is 83.8 Å². The van der Waals surface area contributed by atoms with Crippen LogP contribution in [0.1, 0.15) is 11.1 Å². The number of hydrogen-bond acceptors (Lipinski definition) is 3. The largest absolute Gasteiger partial charge is 0.310 e. The zero-order valence-electron chi connectivity index (χ0n) is 16.2. The molecule has 3 aromatic carbocycles. The highest BCUT2D eigenvalue weighted by atomic mass is 32.2. The molecule has 0 spiro atoms. The van der Waals surface area contributed by atoms with Crippen LogP contribution in [-0.4, -0.2) is 26.9 Å². The molecular weight excluding hydrogens is 403 g/mol. The number of carbonyl (C=O) groups excluding carboxylic acids is 1. The maximum Gasteiger partial charge on any atom is 0.245 e. The fourth-order valence-electron chi connectivity index (χ4n) is 3.70. The Balaban J connectivity index is 1.67. The number of fused-ring (bicyclic) bond motifs is 1. The molecule has 154 valence electrons. The molecule has 1 N–H and O–H groups in total. The van der Waals surface area contributed by atoms with Crippen LogP contribution in [0.3, 0.4) is 0 Å². The van der Waals surface area contributed by atoms with Gasteiger partial charge in [0, 0.05) is 12.2 Å². The third kappa shape index (κ3) is 4.13. The summed E-state index contributed by atoms with van der Waals surface area (Å²) in [6, 6.07) is 20.8. The van der Waals surface area contributed by atoms with E-state index in [-0.39, 0.29) is 12.3 Å². The molecule has 1 heterocycles. The smallest absolute Gasteiger partial charge is 0.245 e. The normalized spacial score (nSPS) is 14.4. The zero-order valence-corrected chi connectivity index (χ0v) is 17.0. The average Bonchev–Trinajstić information content (AvgIpc) is 3.18. The number of anilines is 1. The van der Waals surface area contributed by atoms with Crippen molar-refractivity contribution in [1.29, 1.82) is 0 Å². The first kappa shape index (κ1) is 20.3. The quantitative estimate of drug-likeness (QED) is 0.660. The molecule has 1 aliphatic heterocycles. The van der Waals surface area contributed by atoms with Gasteiger partial charge in [0.2, 0.25) is 15.9 Å². The van der Waals surface area contributed by atoms with E-state index in [1.54, 1.807) is 4.90 Å². The molecule has 3 aromatic rings. The van der Waals surface area contributed by atoms with E-state index >= 15 is 0 Å². The van der Waals surface area contributed by atoms with Crippen LogP contribution in [0.4, 0.5) is 10.1 Å². The van der Waals surface area contributed by atoms with Gasteiger partial charge >= 0.3 is 0 Å². The summed E-state index contributed by atoms with van der Waals surface area (Å²) in [6.45, 7) is 0.477. The Morgan fingerprint density at radius 1 is 0.967 bits per heavy atom. The van der Waals surface area contributed by atoms with E-state index in [0.29, 0.717) is 13.0 Å². The number of hydrogen-bond donors (Lipinski definition) is 1. The highest BCUT2D eigenvalue weighted by Gasteiger charge is 2.33. The molecular formula is C23H21FN2O3S. The first-order valence-corrected chi connectivity index (χ1v) is 11.1. The minimum atomic E-state index is -4.23. The maximum absolute atomic E-state index is 14.1. The van der Waals surface area contributed by atoms with Gasteiger partial charge in [-0.3, -0.25) is 4.79 Å². The fourth-order valence-corrected chi connectivity index (χ4v) is 4.97. The van der Waals surface area contributed by atoms with Crippen molar-refractivity contribution < 1.29 is 17.6 Å². The SMILES string of the molecule is O=C(C(Cc1ccccc1)NS(=O)(=O)c1ccccc1F)N1CCc2ccccc21. The molecule has 0 fully saturated rings. The molecule has 0 radical (unpaired) electrons. The van der Waals surface area contributed by atoms with Gasteiger partial charge < -0.3 is 4.90 Å². The lowest BCUT2D eigenvalue weighted by Gasteiger charge is -2.25. The Bertz CT molecular complexity index is 1170. The van der Waals surface area contributed by atoms with Gasteiger partial charge in [-0.1, -0.05) is 60.7 Å². The summed E-state index contributed by atoms with van der Waals surface area (Å²) >= 11 is 0. The number of para-hydroxylation sites is 1. The minimum absolute atomic E-state index is 0.159. The van der Waals surface area contributed by atoms with Crippen molar-refractivity contribution in [1.82, 2.24) is 4.72 Å². The lowest BCUT2D eigenvalue weighted by atomic mass is 10.1. The van der Waals surface area contributed by atoms with Crippen molar-refractivity contribution >= 4 is 21.6 Å². The summed E-state index contributed by atoms with van der Waals surface area (Å²) in [5, 5.41) is 0. The molecule has 0 aliphatic carbocycles. The Labute approximate surface area is 175 Å². The van der Waals surface area contributed by atoms with Gasteiger partial charge in [-0.05, 0) is 42.2 Å². The second kappa shape index (κ2) is 8.38. The van der Waals surface area contributed by atoms with Crippen molar-refractivity contribution in [3.05, 3.63) is 95.8 Å². The summed E-state index contributed by atoms with van der Waals surface area (Å²) in [4.78, 5) is 14.5. The van der Waals surface area contributed by atoms with Crippen molar-refractivity contribution in [3.63, 3.8) is 0 Å². The molecule has 5 nitrogen and oxygen atoms in total. The Hall–Kier alpha value is -3.03. The van der Waals surface area contributed by atoms with E-state index in [9.17, 15) is 17.6 Å². The molecule has 0 aromatic heterocycles. The zero-order chi connectivity index (χ0) is 21.1. The molecule has 30 heavy (non-hydrogen) atoms. The lowest BCUT2D eigenvalue weighted by molar-refractivity contribution is -0.120. The summed E-state index contributed by atoms with van der Waals surface area (Å²) in [5.74, 6) is -1.22. The van der Waals surface area contributed by atoms with Gasteiger partial charge in [0.05, 0.1) is 0 Å². The molecule has 0 saturated carbocycles. The molecule has 1 aliphatic rings. The molecule has 1 unspecified atom stereocenters. The van der Waals surface area contributed by atoms with E-state index < -0.39 is 26.8 Å². The number of benzene rings is 3. The number of amides is 1. The van der Waals surface area contributed by atoms with Crippen LogP contribution in [0, 0.1) is 5.82 Å². The number of nitrogens with zero attached hydrogens (tertiary/aromatic N) is 1. The molecule has 1 amide bonds. The number of rotatable bonds is 6. The number of nitrogens with one attached hydrogen (secondary N) is 1. The standard InChI is InChI=1S/C23H21FN2O3S/c24-19-11-5-7-13-22(19)30(28,29)25-20(16-17-8-2-1-3-9-17)23(27)26-15-14-18-10-4-6-12-21(18)26/h1-13,20,25H,14-16H2. The molecule has 4 rings (SSSR count). The van der Waals surface area contributed by atoms with Crippen LogP contribution in [-0.2, 0) is 27.7 Å². The first-order valence-electron chi connectivity index (χ1n) is 9.66. The summed E-state index contributed by atoms with van der Waals surface area (Å²) in [6.07, 6.45) is 0.867. The van der Waals surface area contributed by atoms with E-state index in [4.69, 9.17) is 0 Å². The van der Waals surface area contributed by atoms with Gasteiger partial charge in [-0.15, -0.1) is 0 Å². The summed E-state index contributed by atoms with van der Waals surface area (Å²) in [5.41, 5.74) is 2.63. The number of halogens is 1. The van der Waals surface area contributed by atoms with Crippen molar-refractivity contribution in [2.75, 3.05) is 11.4 Å². The monoisotopic (exact) mass is 424 g/mol. The molecule has 7 heteroatoms. The Morgan fingerprint density at radius 3 is 2.40 bits per heavy atom. The predicted octanol–water partition coefficient (Wildman–Crippen LogP) is 3.30.